The number of anilines is 1. The number of hydrogen-bond donors (Lipinski definition) is 2. The molecule has 5 rings (SSSR count). The van der Waals surface area contributed by atoms with Gasteiger partial charge in [-0.25, -0.2) is 0 Å². The van der Waals surface area contributed by atoms with Gasteiger partial charge in [-0.15, -0.1) is 0 Å². The average molecular weight is 614 g/mol. The molecule has 0 radical (unpaired) electrons. The van der Waals surface area contributed by atoms with Crippen LogP contribution in [-0.4, -0.2) is 65.6 Å². The first kappa shape index (κ1) is 32.5. The summed E-state index contributed by atoms with van der Waals surface area (Å²) in [5.74, 6) is 2.28. The number of carbonyl (C=O) groups is 2. The highest BCUT2D eigenvalue weighted by molar-refractivity contribution is 5.93. The Morgan fingerprint density at radius 1 is 1.04 bits per heavy atom. The maximum absolute atomic E-state index is 13.6. The summed E-state index contributed by atoms with van der Waals surface area (Å²) in [4.78, 5) is 30.5. The van der Waals surface area contributed by atoms with Gasteiger partial charge >= 0.3 is 0 Å². The summed E-state index contributed by atoms with van der Waals surface area (Å²) >= 11 is 0. The number of rotatable bonds is 10. The molecule has 2 N–H and O–H groups in total. The van der Waals surface area contributed by atoms with E-state index in [2.05, 4.69) is 36.3 Å². The largest absolute Gasteiger partial charge is 0.488 e. The number of amides is 2. The number of para-hydroxylation sites is 1. The van der Waals surface area contributed by atoms with Gasteiger partial charge in [0.1, 0.15) is 23.4 Å². The van der Waals surface area contributed by atoms with Gasteiger partial charge in [0.15, 0.2) is 0 Å². The topological polar surface area (TPSA) is 91.3 Å². The lowest BCUT2D eigenvalue weighted by molar-refractivity contribution is -0.134. The first-order valence-corrected chi connectivity index (χ1v) is 16.3. The second-order valence-electron chi connectivity index (χ2n) is 12.8. The lowest BCUT2D eigenvalue weighted by Gasteiger charge is -2.34. The van der Waals surface area contributed by atoms with E-state index in [0.717, 1.165) is 48.3 Å². The van der Waals surface area contributed by atoms with Crippen molar-refractivity contribution >= 4 is 17.5 Å². The van der Waals surface area contributed by atoms with Crippen molar-refractivity contribution in [3.05, 3.63) is 83.9 Å². The van der Waals surface area contributed by atoms with Crippen molar-refractivity contribution in [1.29, 1.82) is 0 Å². The standard InChI is InChI=1S/C37H47N3O5/c1-26-22-40(27(2)25-41)36(42)21-30-20-31(38-37(43)29-10-6-4-7-11-29)16-19-34(30)45-35(26)24-39(3)23-28-14-17-33(18-15-28)44-32-12-8-5-9-13-32/h5,8-9,12-20,26-27,29,35,41H,4,6-7,10-11,21-25H2,1-3H3,(H,38,43)/t26-,27-,35+/m1/s1. The van der Waals surface area contributed by atoms with Crippen molar-refractivity contribution < 1.29 is 24.2 Å². The molecule has 0 unspecified atom stereocenters. The molecular formula is C37H47N3O5. The van der Waals surface area contributed by atoms with Crippen LogP contribution in [0, 0.1) is 11.8 Å². The third-order valence-electron chi connectivity index (χ3n) is 9.01. The van der Waals surface area contributed by atoms with Crippen LogP contribution in [-0.2, 0) is 22.6 Å². The normalized spacial score (nSPS) is 19.9. The molecule has 3 atom stereocenters. The van der Waals surface area contributed by atoms with Crippen LogP contribution in [0.5, 0.6) is 17.2 Å². The summed E-state index contributed by atoms with van der Waals surface area (Å²) in [6.45, 7) is 5.69. The van der Waals surface area contributed by atoms with E-state index >= 15 is 0 Å². The van der Waals surface area contributed by atoms with Gasteiger partial charge in [0, 0.05) is 42.7 Å². The molecular weight excluding hydrogens is 566 g/mol. The lowest BCUT2D eigenvalue weighted by atomic mass is 9.88. The van der Waals surface area contributed by atoms with Crippen LogP contribution >= 0.6 is 0 Å². The molecule has 45 heavy (non-hydrogen) atoms. The minimum atomic E-state index is -0.314. The SMILES string of the molecule is C[C@@H]1CN([C@H](C)CO)C(=O)Cc2cc(NC(=O)C3CCCCC3)ccc2O[C@H]1CN(C)Cc1ccc(Oc2ccccc2)cc1. The predicted molar refractivity (Wildman–Crippen MR) is 176 cm³/mol. The Labute approximate surface area is 267 Å². The number of ether oxygens (including phenoxy) is 2. The van der Waals surface area contributed by atoms with Gasteiger partial charge in [0.2, 0.25) is 11.8 Å². The van der Waals surface area contributed by atoms with Gasteiger partial charge in [0.25, 0.3) is 0 Å². The van der Waals surface area contributed by atoms with Crippen LogP contribution in [0.2, 0.25) is 0 Å². The van der Waals surface area contributed by atoms with Crippen molar-refractivity contribution in [2.75, 3.05) is 32.1 Å². The Kier molecular flexibility index (Phi) is 11.1. The van der Waals surface area contributed by atoms with E-state index in [1.165, 1.54) is 6.42 Å². The Morgan fingerprint density at radius 3 is 2.47 bits per heavy atom. The van der Waals surface area contributed by atoms with Crippen LogP contribution in [0.4, 0.5) is 5.69 Å². The number of nitrogens with zero attached hydrogens (tertiary/aromatic N) is 2. The number of nitrogens with one attached hydrogen (secondary N) is 1. The number of aliphatic hydroxyl groups is 1. The summed E-state index contributed by atoms with van der Waals surface area (Å²) in [7, 11) is 2.07. The number of fused-ring (bicyclic) bond motifs is 1. The number of benzene rings is 3. The quantitative estimate of drug-likeness (QED) is 0.280. The van der Waals surface area contributed by atoms with Crippen LogP contribution in [0.3, 0.4) is 0 Å². The number of carbonyl (C=O) groups excluding carboxylic acids is 2. The molecule has 1 aliphatic carbocycles. The van der Waals surface area contributed by atoms with Gasteiger partial charge < -0.3 is 24.8 Å². The van der Waals surface area contributed by atoms with Gasteiger partial charge in [0.05, 0.1) is 19.1 Å². The fourth-order valence-electron chi connectivity index (χ4n) is 6.31. The molecule has 240 valence electrons. The van der Waals surface area contributed by atoms with Crippen LogP contribution < -0.4 is 14.8 Å². The molecule has 3 aromatic carbocycles. The zero-order chi connectivity index (χ0) is 31.8. The van der Waals surface area contributed by atoms with Gasteiger partial charge in [-0.1, -0.05) is 56.5 Å². The molecule has 2 aliphatic rings. The second kappa shape index (κ2) is 15.4. The van der Waals surface area contributed by atoms with Crippen molar-refractivity contribution in [2.45, 2.75) is 71.1 Å². The Morgan fingerprint density at radius 2 is 1.76 bits per heavy atom. The number of aliphatic hydroxyl groups excluding tert-OH is 1. The summed E-state index contributed by atoms with van der Waals surface area (Å²) in [5.41, 5.74) is 2.58. The van der Waals surface area contributed by atoms with Gasteiger partial charge in [-0.3, -0.25) is 14.5 Å². The summed E-state index contributed by atoms with van der Waals surface area (Å²) in [5, 5.41) is 13.1. The molecule has 0 spiro atoms. The highest BCUT2D eigenvalue weighted by atomic mass is 16.5. The van der Waals surface area contributed by atoms with Crippen LogP contribution in [0.1, 0.15) is 57.1 Å². The molecule has 8 heteroatoms. The van der Waals surface area contributed by atoms with Crippen LogP contribution in [0.15, 0.2) is 72.8 Å². The second-order valence-corrected chi connectivity index (χ2v) is 12.8. The third-order valence-corrected chi connectivity index (χ3v) is 9.01. The molecule has 0 bridgehead atoms. The zero-order valence-electron chi connectivity index (χ0n) is 26.8. The Bertz CT molecular complexity index is 1410. The minimum absolute atomic E-state index is 0.00341. The molecule has 0 aromatic heterocycles. The zero-order valence-corrected chi connectivity index (χ0v) is 26.8. The minimum Gasteiger partial charge on any atom is -0.488 e. The maximum atomic E-state index is 13.6. The predicted octanol–water partition coefficient (Wildman–Crippen LogP) is 6.28. The Balaban J connectivity index is 1.30. The number of likely N-dealkylation sites (N-methyl/N-ethyl adjacent to an activating group) is 1. The fourth-order valence-corrected chi connectivity index (χ4v) is 6.31. The smallest absolute Gasteiger partial charge is 0.227 e. The molecule has 1 aliphatic heterocycles. The van der Waals surface area contributed by atoms with Gasteiger partial charge in [-0.2, -0.15) is 0 Å². The van der Waals surface area contributed by atoms with Crippen LogP contribution in [0.25, 0.3) is 0 Å². The first-order valence-electron chi connectivity index (χ1n) is 16.3. The van der Waals surface area contributed by atoms with Crippen molar-refractivity contribution in [3.8, 4) is 17.2 Å². The van der Waals surface area contributed by atoms with E-state index in [9.17, 15) is 14.7 Å². The first-order chi connectivity index (χ1) is 21.8. The molecule has 1 saturated carbocycles. The molecule has 1 heterocycles. The molecule has 1 fully saturated rings. The summed E-state index contributed by atoms with van der Waals surface area (Å²) in [6.07, 6.45) is 5.14. The molecule has 8 nitrogen and oxygen atoms in total. The van der Waals surface area contributed by atoms with Crippen molar-refractivity contribution in [1.82, 2.24) is 9.80 Å². The number of hydrogen-bond acceptors (Lipinski definition) is 6. The van der Waals surface area contributed by atoms with Crippen molar-refractivity contribution in [3.63, 3.8) is 0 Å². The summed E-state index contributed by atoms with van der Waals surface area (Å²) in [6, 6.07) is 23.2. The summed E-state index contributed by atoms with van der Waals surface area (Å²) < 4.78 is 12.6. The van der Waals surface area contributed by atoms with E-state index in [1.54, 1.807) is 4.90 Å². The maximum Gasteiger partial charge on any atom is 0.227 e. The van der Waals surface area contributed by atoms with Gasteiger partial charge in [-0.05, 0) is 74.8 Å². The lowest BCUT2D eigenvalue weighted by Crippen LogP contribution is -2.47. The monoisotopic (exact) mass is 613 g/mol. The highest BCUT2D eigenvalue weighted by Crippen LogP contribution is 2.31. The average Bonchev–Trinajstić information content (AvgIpc) is 3.09. The molecule has 0 saturated heterocycles. The highest BCUT2D eigenvalue weighted by Gasteiger charge is 2.31. The molecule has 2 amide bonds. The fraction of sp³-hybridized carbons (Fsp3) is 0.459. The molecule has 3 aromatic rings. The Hall–Kier alpha value is -3.88. The third kappa shape index (κ3) is 8.86. The van der Waals surface area contributed by atoms with E-state index in [-0.39, 0.29) is 48.8 Å². The van der Waals surface area contributed by atoms with E-state index in [1.807, 2.05) is 67.6 Å². The van der Waals surface area contributed by atoms with E-state index in [0.29, 0.717) is 31.1 Å². The van der Waals surface area contributed by atoms with E-state index in [4.69, 9.17) is 9.47 Å². The van der Waals surface area contributed by atoms with Crippen molar-refractivity contribution in [2.24, 2.45) is 11.8 Å². The van der Waals surface area contributed by atoms with E-state index < -0.39 is 0 Å².